The van der Waals surface area contributed by atoms with Gasteiger partial charge in [0.25, 0.3) is 0 Å². The number of hydrogen-bond acceptors (Lipinski definition) is 2. The minimum absolute atomic E-state index is 0.658. The van der Waals surface area contributed by atoms with Crippen LogP contribution in [-0.4, -0.2) is 31.2 Å². The molecule has 0 aromatic rings. The van der Waals surface area contributed by atoms with E-state index in [1.54, 1.807) is 0 Å². The van der Waals surface area contributed by atoms with Crippen LogP contribution in [0.3, 0.4) is 0 Å². The largest absolute Gasteiger partial charge is 0.302 e. The van der Waals surface area contributed by atoms with E-state index in [0.717, 1.165) is 0 Å². The summed E-state index contributed by atoms with van der Waals surface area (Å²) in [5.41, 5.74) is 0. The molecule has 78 valence electrons. The lowest BCUT2D eigenvalue weighted by Gasteiger charge is -2.33. The molecule has 0 amide bonds. The third kappa shape index (κ3) is 4.10. The van der Waals surface area contributed by atoms with E-state index in [1.807, 2.05) is 0 Å². The van der Waals surface area contributed by atoms with Gasteiger partial charge >= 0.3 is 0 Å². The van der Waals surface area contributed by atoms with Gasteiger partial charge in [0.05, 0.1) is 6.17 Å². The lowest BCUT2D eigenvalue weighted by atomic mass is 10.1. The van der Waals surface area contributed by atoms with Crippen LogP contribution in [0.2, 0.25) is 0 Å². The Bertz CT molecular complexity index is 125. The molecule has 2 heteroatoms. The Morgan fingerprint density at radius 3 is 2.85 bits per heavy atom. The number of piperidine rings is 1. The zero-order valence-corrected chi connectivity index (χ0v) is 9.18. The first-order chi connectivity index (χ1) is 6.34. The summed E-state index contributed by atoms with van der Waals surface area (Å²) >= 11 is 0. The van der Waals surface area contributed by atoms with Crippen LogP contribution < -0.4 is 5.32 Å². The van der Waals surface area contributed by atoms with Gasteiger partial charge in [0.1, 0.15) is 0 Å². The maximum absolute atomic E-state index is 3.63. The fourth-order valence-corrected chi connectivity index (χ4v) is 1.98. The zero-order chi connectivity index (χ0) is 9.52. The first-order valence-electron chi connectivity index (χ1n) is 5.78. The maximum Gasteiger partial charge on any atom is 0.0594 e. The van der Waals surface area contributed by atoms with E-state index in [4.69, 9.17) is 0 Å². The van der Waals surface area contributed by atoms with E-state index in [-0.39, 0.29) is 0 Å². The van der Waals surface area contributed by atoms with Crippen LogP contribution in [0.4, 0.5) is 0 Å². The highest BCUT2D eigenvalue weighted by atomic mass is 15.2. The average molecular weight is 184 g/mol. The average Bonchev–Trinajstić information content (AvgIpc) is 2.15. The summed E-state index contributed by atoms with van der Waals surface area (Å²) in [6.07, 6.45) is 8.79. The molecule has 1 saturated heterocycles. The lowest BCUT2D eigenvalue weighted by Crippen LogP contribution is -2.46. The first kappa shape index (κ1) is 11.0. The molecule has 1 fully saturated rings. The highest BCUT2D eigenvalue weighted by Crippen LogP contribution is 2.12. The summed E-state index contributed by atoms with van der Waals surface area (Å²) in [5, 5.41) is 3.63. The van der Waals surface area contributed by atoms with Crippen molar-refractivity contribution in [2.45, 2.75) is 51.6 Å². The SMILES string of the molecule is CCCCCNC1CCCCN1C. The van der Waals surface area contributed by atoms with E-state index in [0.29, 0.717) is 6.17 Å². The molecule has 1 aliphatic rings. The van der Waals surface area contributed by atoms with E-state index < -0.39 is 0 Å². The summed E-state index contributed by atoms with van der Waals surface area (Å²) in [6, 6.07) is 0. The monoisotopic (exact) mass is 184 g/mol. The van der Waals surface area contributed by atoms with Gasteiger partial charge in [-0.2, -0.15) is 0 Å². The molecule has 13 heavy (non-hydrogen) atoms. The molecule has 1 atom stereocenters. The highest BCUT2D eigenvalue weighted by molar-refractivity contribution is 4.71. The van der Waals surface area contributed by atoms with Gasteiger partial charge in [-0.3, -0.25) is 4.90 Å². The molecule has 1 unspecified atom stereocenters. The van der Waals surface area contributed by atoms with Crippen LogP contribution in [0.1, 0.15) is 45.4 Å². The van der Waals surface area contributed by atoms with Crippen molar-refractivity contribution in [3.05, 3.63) is 0 Å². The molecular weight excluding hydrogens is 160 g/mol. The molecule has 0 aromatic carbocycles. The Morgan fingerprint density at radius 1 is 1.31 bits per heavy atom. The molecule has 1 heterocycles. The molecule has 0 saturated carbocycles. The second kappa shape index (κ2) is 6.39. The van der Waals surface area contributed by atoms with Crippen LogP contribution in [0.25, 0.3) is 0 Å². The smallest absolute Gasteiger partial charge is 0.0594 e. The van der Waals surface area contributed by atoms with Crippen molar-refractivity contribution < 1.29 is 0 Å². The van der Waals surface area contributed by atoms with E-state index in [9.17, 15) is 0 Å². The zero-order valence-electron chi connectivity index (χ0n) is 9.18. The minimum atomic E-state index is 0.658. The van der Waals surface area contributed by atoms with Crippen molar-refractivity contribution in [2.75, 3.05) is 20.1 Å². The number of likely N-dealkylation sites (tertiary alicyclic amines) is 1. The van der Waals surface area contributed by atoms with Gasteiger partial charge in [-0.25, -0.2) is 0 Å². The summed E-state index contributed by atoms with van der Waals surface area (Å²) < 4.78 is 0. The Kier molecular flexibility index (Phi) is 5.40. The van der Waals surface area contributed by atoms with E-state index in [2.05, 4.69) is 24.2 Å². The van der Waals surface area contributed by atoms with Crippen LogP contribution in [-0.2, 0) is 0 Å². The third-order valence-corrected chi connectivity index (χ3v) is 2.93. The third-order valence-electron chi connectivity index (χ3n) is 2.93. The van der Waals surface area contributed by atoms with Gasteiger partial charge in [-0.15, -0.1) is 0 Å². The quantitative estimate of drug-likeness (QED) is 0.659. The number of nitrogens with zero attached hydrogens (tertiary/aromatic N) is 1. The van der Waals surface area contributed by atoms with Crippen molar-refractivity contribution in [3.8, 4) is 0 Å². The van der Waals surface area contributed by atoms with Crippen LogP contribution in [0.5, 0.6) is 0 Å². The van der Waals surface area contributed by atoms with Gasteiger partial charge in [0.2, 0.25) is 0 Å². The van der Waals surface area contributed by atoms with Crippen molar-refractivity contribution in [3.63, 3.8) is 0 Å². The van der Waals surface area contributed by atoms with Gasteiger partial charge in [0, 0.05) is 0 Å². The standard InChI is InChI=1S/C11H24N2/c1-3-4-6-9-12-11-8-5-7-10-13(11)2/h11-12H,3-10H2,1-2H3. The molecule has 1 rings (SSSR count). The molecule has 0 radical (unpaired) electrons. The second-order valence-corrected chi connectivity index (χ2v) is 4.15. The molecule has 2 nitrogen and oxygen atoms in total. The molecular formula is C11H24N2. The van der Waals surface area contributed by atoms with E-state index >= 15 is 0 Å². The summed E-state index contributed by atoms with van der Waals surface area (Å²) in [5.74, 6) is 0. The van der Waals surface area contributed by atoms with E-state index in [1.165, 1.54) is 51.6 Å². The number of rotatable bonds is 5. The summed E-state index contributed by atoms with van der Waals surface area (Å²) in [7, 11) is 2.23. The van der Waals surface area contributed by atoms with Crippen LogP contribution >= 0.6 is 0 Å². The molecule has 0 aliphatic carbocycles. The van der Waals surface area contributed by atoms with Gasteiger partial charge < -0.3 is 5.32 Å². The molecule has 0 bridgehead atoms. The van der Waals surface area contributed by atoms with Gasteiger partial charge in [-0.1, -0.05) is 19.8 Å². The lowest BCUT2D eigenvalue weighted by molar-refractivity contribution is 0.153. The maximum atomic E-state index is 3.63. The highest BCUT2D eigenvalue weighted by Gasteiger charge is 2.16. The predicted molar refractivity (Wildman–Crippen MR) is 57.8 cm³/mol. The van der Waals surface area contributed by atoms with Crippen molar-refractivity contribution in [1.29, 1.82) is 0 Å². The minimum Gasteiger partial charge on any atom is -0.302 e. The Labute approximate surface area is 82.7 Å². The summed E-state index contributed by atoms with van der Waals surface area (Å²) in [6.45, 7) is 4.72. The molecule has 0 spiro atoms. The number of unbranched alkanes of at least 4 members (excludes halogenated alkanes) is 2. The van der Waals surface area contributed by atoms with Crippen LogP contribution in [0, 0.1) is 0 Å². The number of hydrogen-bond donors (Lipinski definition) is 1. The van der Waals surface area contributed by atoms with Gasteiger partial charge in [-0.05, 0) is 45.8 Å². The second-order valence-electron chi connectivity index (χ2n) is 4.15. The Hall–Kier alpha value is -0.0800. The van der Waals surface area contributed by atoms with Crippen molar-refractivity contribution >= 4 is 0 Å². The normalized spacial score (nSPS) is 24.9. The molecule has 1 N–H and O–H groups in total. The molecule has 0 aromatic heterocycles. The predicted octanol–water partition coefficient (Wildman–Crippen LogP) is 2.21. The topological polar surface area (TPSA) is 15.3 Å². The van der Waals surface area contributed by atoms with Crippen molar-refractivity contribution in [2.24, 2.45) is 0 Å². The molecule has 1 aliphatic heterocycles. The van der Waals surface area contributed by atoms with Crippen molar-refractivity contribution in [1.82, 2.24) is 10.2 Å². The Balaban J connectivity index is 2.05. The number of nitrogens with one attached hydrogen (secondary N) is 1. The van der Waals surface area contributed by atoms with Gasteiger partial charge in [0.15, 0.2) is 0 Å². The van der Waals surface area contributed by atoms with Crippen LogP contribution in [0.15, 0.2) is 0 Å². The first-order valence-corrected chi connectivity index (χ1v) is 5.78. The fraction of sp³-hybridized carbons (Fsp3) is 1.00. The Morgan fingerprint density at radius 2 is 2.15 bits per heavy atom. The fourth-order valence-electron chi connectivity index (χ4n) is 1.98. The summed E-state index contributed by atoms with van der Waals surface area (Å²) in [4.78, 5) is 2.45.